The van der Waals surface area contributed by atoms with Crippen LogP contribution < -0.4 is 4.90 Å². The minimum absolute atomic E-state index is 0.103. The van der Waals surface area contributed by atoms with Gasteiger partial charge in [0.25, 0.3) is 0 Å². The summed E-state index contributed by atoms with van der Waals surface area (Å²) < 4.78 is 10.1. The van der Waals surface area contributed by atoms with Crippen molar-refractivity contribution in [3.05, 3.63) is 47.5 Å². The lowest BCUT2D eigenvalue weighted by atomic mass is 9.94. The van der Waals surface area contributed by atoms with Crippen LogP contribution in [0.1, 0.15) is 35.5 Å². The molecule has 9 nitrogen and oxygen atoms in total. The molecule has 1 fully saturated rings. The standard InChI is InChI=1S/C24H26N6O3S/c1-24(2)10-18-20(21-27-25-13-30(21)24)34-23(26-18)29-6-7-33-12-16(29)8-15-11-28(3)19-5-4-14(22(31)32)9-17(15)19/h4-5,9,11,13,16H,6-8,10,12H2,1-3H3,(H,31,32)/t16-/m0/s1. The van der Waals surface area contributed by atoms with Gasteiger partial charge in [-0.1, -0.05) is 11.3 Å². The van der Waals surface area contributed by atoms with E-state index in [0.717, 1.165) is 57.4 Å². The Morgan fingerprint density at radius 3 is 3.03 bits per heavy atom. The maximum atomic E-state index is 11.5. The number of ether oxygens (including phenoxy) is 1. The Hall–Kier alpha value is -3.24. The third-order valence-electron chi connectivity index (χ3n) is 6.94. The number of nitrogens with zero attached hydrogens (tertiary/aromatic N) is 6. The van der Waals surface area contributed by atoms with E-state index in [0.29, 0.717) is 18.8 Å². The van der Waals surface area contributed by atoms with Crippen molar-refractivity contribution in [2.75, 3.05) is 24.7 Å². The van der Waals surface area contributed by atoms with Crippen LogP contribution in [-0.4, -0.2) is 61.2 Å². The zero-order valence-electron chi connectivity index (χ0n) is 19.4. The van der Waals surface area contributed by atoms with E-state index in [-0.39, 0.29) is 11.6 Å². The number of anilines is 1. The molecule has 0 radical (unpaired) electrons. The second-order valence-corrected chi connectivity index (χ2v) is 10.7. The highest BCUT2D eigenvalue weighted by atomic mass is 32.1. The fourth-order valence-electron chi connectivity index (χ4n) is 5.18. The van der Waals surface area contributed by atoms with Gasteiger partial charge in [-0.25, -0.2) is 9.78 Å². The Bertz CT molecular complexity index is 1420. The highest BCUT2D eigenvalue weighted by Crippen LogP contribution is 2.42. The lowest BCUT2D eigenvalue weighted by Crippen LogP contribution is -2.46. The van der Waals surface area contributed by atoms with E-state index in [1.807, 2.05) is 13.1 Å². The summed E-state index contributed by atoms with van der Waals surface area (Å²) in [5.74, 6) is -0.0291. The number of aromatic carboxylic acids is 1. The van der Waals surface area contributed by atoms with Crippen LogP contribution in [0.2, 0.25) is 0 Å². The Morgan fingerprint density at radius 1 is 1.35 bits per heavy atom. The molecule has 3 aromatic heterocycles. The Morgan fingerprint density at radius 2 is 2.21 bits per heavy atom. The van der Waals surface area contributed by atoms with Gasteiger partial charge in [0.1, 0.15) is 6.33 Å². The second kappa shape index (κ2) is 7.64. The van der Waals surface area contributed by atoms with Gasteiger partial charge >= 0.3 is 5.97 Å². The minimum Gasteiger partial charge on any atom is -0.478 e. The number of aromatic nitrogens is 5. The summed E-state index contributed by atoms with van der Waals surface area (Å²) in [4.78, 5) is 20.1. The van der Waals surface area contributed by atoms with Gasteiger partial charge in [-0.3, -0.25) is 0 Å². The van der Waals surface area contributed by atoms with E-state index in [1.54, 1.807) is 29.8 Å². The third-order valence-corrected chi connectivity index (χ3v) is 8.07. The molecule has 1 aromatic carbocycles. The van der Waals surface area contributed by atoms with Crippen LogP contribution in [0.15, 0.2) is 30.7 Å². The monoisotopic (exact) mass is 478 g/mol. The lowest BCUT2D eigenvalue weighted by Gasteiger charge is -2.35. The van der Waals surface area contributed by atoms with Crippen molar-refractivity contribution in [1.29, 1.82) is 0 Å². The molecular weight excluding hydrogens is 452 g/mol. The van der Waals surface area contributed by atoms with Gasteiger partial charge in [-0.2, -0.15) is 0 Å². The third kappa shape index (κ3) is 3.32. The van der Waals surface area contributed by atoms with E-state index in [2.05, 4.69) is 44.3 Å². The average molecular weight is 479 g/mol. The molecule has 176 valence electrons. The molecule has 0 bridgehead atoms. The smallest absolute Gasteiger partial charge is 0.335 e. The number of aryl methyl sites for hydroxylation is 1. The maximum Gasteiger partial charge on any atom is 0.335 e. The van der Waals surface area contributed by atoms with Crippen LogP contribution >= 0.6 is 11.3 Å². The van der Waals surface area contributed by atoms with Crippen LogP contribution in [0.3, 0.4) is 0 Å². The minimum atomic E-state index is -0.913. The molecule has 34 heavy (non-hydrogen) atoms. The zero-order valence-corrected chi connectivity index (χ0v) is 20.2. The van der Waals surface area contributed by atoms with Crippen LogP contribution in [-0.2, 0) is 30.2 Å². The summed E-state index contributed by atoms with van der Waals surface area (Å²) in [7, 11) is 1.99. The first kappa shape index (κ1) is 21.3. The van der Waals surface area contributed by atoms with Crippen molar-refractivity contribution in [2.24, 2.45) is 7.05 Å². The number of hydrogen-bond acceptors (Lipinski definition) is 7. The molecule has 6 rings (SSSR count). The normalized spacial score (nSPS) is 19.3. The number of rotatable bonds is 4. The van der Waals surface area contributed by atoms with Gasteiger partial charge in [0.15, 0.2) is 11.0 Å². The molecular formula is C24H26N6O3S. The van der Waals surface area contributed by atoms with E-state index < -0.39 is 5.97 Å². The van der Waals surface area contributed by atoms with Gasteiger partial charge < -0.3 is 23.9 Å². The fourth-order valence-corrected chi connectivity index (χ4v) is 6.35. The van der Waals surface area contributed by atoms with Crippen LogP contribution in [0, 0.1) is 0 Å². The maximum absolute atomic E-state index is 11.5. The van der Waals surface area contributed by atoms with E-state index in [9.17, 15) is 9.90 Å². The molecule has 4 aromatic rings. The first-order chi connectivity index (χ1) is 16.3. The Balaban J connectivity index is 1.35. The molecule has 0 saturated carbocycles. The van der Waals surface area contributed by atoms with Gasteiger partial charge in [0.2, 0.25) is 0 Å². The number of fused-ring (bicyclic) bond motifs is 4. The van der Waals surface area contributed by atoms with Crippen LogP contribution in [0.25, 0.3) is 21.6 Å². The number of morpholine rings is 1. The molecule has 1 saturated heterocycles. The number of benzene rings is 1. The van der Waals surface area contributed by atoms with Gasteiger partial charge in [-0.15, -0.1) is 10.2 Å². The first-order valence-corrected chi connectivity index (χ1v) is 12.2. The molecule has 10 heteroatoms. The van der Waals surface area contributed by atoms with E-state index >= 15 is 0 Å². The summed E-state index contributed by atoms with van der Waals surface area (Å²) in [6.45, 7) is 6.39. The van der Waals surface area contributed by atoms with E-state index in [1.165, 1.54) is 0 Å². The summed E-state index contributed by atoms with van der Waals surface area (Å²) in [6.07, 6.45) is 5.48. The summed E-state index contributed by atoms with van der Waals surface area (Å²) >= 11 is 1.67. The predicted molar refractivity (Wildman–Crippen MR) is 130 cm³/mol. The highest BCUT2D eigenvalue weighted by Gasteiger charge is 2.36. The van der Waals surface area contributed by atoms with Gasteiger partial charge in [-0.05, 0) is 44.0 Å². The van der Waals surface area contributed by atoms with Crippen LogP contribution in [0.4, 0.5) is 5.13 Å². The number of hydrogen-bond donors (Lipinski definition) is 1. The van der Waals surface area contributed by atoms with Crippen molar-refractivity contribution in [2.45, 2.75) is 38.3 Å². The predicted octanol–water partition coefficient (Wildman–Crippen LogP) is 3.33. The van der Waals surface area contributed by atoms with E-state index in [4.69, 9.17) is 9.72 Å². The Kier molecular flexibility index (Phi) is 4.79. The topological polar surface area (TPSA) is 98.3 Å². The number of carbonyl (C=O) groups is 1. The SMILES string of the molecule is Cn1cc(C[C@H]2COCCN2c2nc3c(s2)-c2nncn2C(C)(C)C3)c2cc(C(=O)O)ccc21. The van der Waals surface area contributed by atoms with Crippen LogP contribution in [0.5, 0.6) is 0 Å². The summed E-state index contributed by atoms with van der Waals surface area (Å²) in [5, 5.41) is 20.0. The summed E-state index contributed by atoms with van der Waals surface area (Å²) in [6, 6.07) is 5.42. The summed E-state index contributed by atoms with van der Waals surface area (Å²) in [5.41, 5.74) is 3.40. The van der Waals surface area contributed by atoms with Crippen molar-refractivity contribution in [3.63, 3.8) is 0 Å². The van der Waals surface area contributed by atoms with Gasteiger partial charge in [0, 0.05) is 42.7 Å². The molecule has 0 amide bonds. The molecule has 1 atom stereocenters. The molecule has 0 spiro atoms. The fraction of sp³-hybridized carbons (Fsp3) is 0.417. The van der Waals surface area contributed by atoms with Crippen molar-refractivity contribution < 1.29 is 14.6 Å². The molecule has 1 N–H and O–H groups in total. The molecule has 0 aliphatic carbocycles. The molecule has 2 aliphatic rings. The largest absolute Gasteiger partial charge is 0.478 e. The lowest BCUT2D eigenvalue weighted by molar-refractivity contribution is 0.0697. The Labute approximate surface area is 200 Å². The van der Waals surface area contributed by atoms with Gasteiger partial charge in [0.05, 0.1) is 35.4 Å². The van der Waals surface area contributed by atoms with Crippen molar-refractivity contribution >= 4 is 33.3 Å². The molecule has 0 unspecified atom stereocenters. The first-order valence-electron chi connectivity index (χ1n) is 11.4. The second-order valence-electron chi connectivity index (χ2n) is 9.71. The van der Waals surface area contributed by atoms with Crippen molar-refractivity contribution in [3.8, 4) is 10.7 Å². The molecule has 2 aliphatic heterocycles. The molecule has 5 heterocycles. The number of thiazole rings is 1. The zero-order chi connectivity index (χ0) is 23.6. The quantitative estimate of drug-likeness (QED) is 0.480. The number of carboxylic acids is 1. The number of carboxylic acid groups (broad SMARTS) is 1. The van der Waals surface area contributed by atoms with Crippen molar-refractivity contribution in [1.82, 2.24) is 24.3 Å². The highest BCUT2D eigenvalue weighted by molar-refractivity contribution is 7.19. The average Bonchev–Trinajstić information content (AvgIpc) is 3.52.